The Morgan fingerprint density at radius 2 is 1.88 bits per heavy atom. The average molecular weight is 553 g/mol. The molecule has 2 aliphatic heterocycles. The minimum absolute atomic E-state index is 0.00981. The van der Waals surface area contributed by atoms with Gasteiger partial charge in [-0.2, -0.15) is 14.0 Å². The number of nitrogen functional groups attached to an aromatic ring is 1. The van der Waals surface area contributed by atoms with E-state index in [2.05, 4.69) is 30.2 Å². The highest BCUT2D eigenvalue weighted by molar-refractivity contribution is 6.00. The number of amides is 1. The molecule has 0 unspecified atom stereocenters. The number of fused-ring (bicyclic) bond motifs is 3. The first-order valence-corrected chi connectivity index (χ1v) is 13.3. The second kappa shape index (κ2) is 9.54. The van der Waals surface area contributed by atoms with Crippen molar-refractivity contribution in [3.05, 3.63) is 72.2 Å². The van der Waals surface area contributed by atoms with Gasteiger partial charge in [0.1, 0.15) is 12.1 Å². The normalized spacial score (nSPS) is 20.0. The summed E-state index contributed by atoms with van der Waals surface area (Å²) < 4.78 is 15.7. The monoisotopic (exact) mass is 552 g/mol. The summed E-state index contributed by atoms with van der Waals surface area (Å²) in [5, 5.41) is 12.1. The molecule has 41 heavy (non-hydrogen) atoms. The van der Waals surface area contributed by atoms with Crippen LogP contribution in [0.25, 0.3) is 28.0 Å². The molecule has 13 heteroatoms. The van der Waals surface area contributed by atoms with Crippen molar-refractivity contribution in [2.45, 2.75) is 50.6 Å². The van der Waals surface area contributed by atoms with Crippen molar-refractivity contribution in [1.82, 2.24) is 44.6 Å². The predicted octanol–water partition coefficient (Wildman–Crippen LogP) is 3.45. The highest BCUT2D eigenvalue weighted by Crippen LogP contribution is 2.45. The smallest absolute Gasteiger partial charge is 0.292 e. The van der Waals surface area contributed by atoms with E-state index in [-0.39, 0.29) is 41.3 Å². The van der Waals surface area contributed by atoms with E-state index in [1.54, 1.807) is 30.6 Å². The van der Waals surface area contributed by atoms with E-state index < -0.39 is 5.95 Å². The number of carbonyl (C=O) groups excluding carboxylic acids is 2. The van der Waals surface area contributed by atoms with Gasteiger partial charge in [-0.15, -0.1) is 10.2 Å². The molecule has 0 aromatic carbocycles. The third-order valence-corrected chi connectivity index (χ3v) is 8.15. The SMILES string of the molecule is CC(=O)c1c([C@H]2C[C@H]3CC[C@@H](C2)N3C(=O)c2nnc[nH]2)nc2c(-c3ccc(-c4cccnc4F)nc3)cnn2c1N. The number of Topliss-reactive ketones (excluding diaryl/α,β-unsaturated/α-hetero) is 1. The summed E-state index contributed by atoms with van der Waals surface area (Å²) in [6, 6.07) is 6.78. The minimum Gasteiger partial charge on any atom is -0.383 e. The number of carbonyl (C=O) groups is 2. The molecule has 2 saturated heterocycles. The number of piperidine rings is 1. The van der Waals surface area contributed by atoms with Gasteiger partial charge in [-0.1, -0.05) is 6.07 Å². The van der Waals surface area contributed by atoms with E-state index in [0.717, 1.165) is 12.8 Å². The van der Waals surface area contributed by atoms with Gasteiger partial charge in [0.25, 0.3) is 5.91 Å². The molecule has 12 nitrogen and oxygen atoms in total. The second-order valence-electron chi connectivity index (χ2n) is 10.5. The number of ketones is 1. The molecule has 5 aromatic rings. The van der Waals surface area contributed by atoms with Crippen LogP contribution >= 0.6 is 0 Å². The van der Waals surface area contributed by atoms with Crippen LogP contribution in [0, 0.1) is 5.95 Å². The molecule has 2 bridgehead atoms. The van der Waals surface area contributed by atoms with Crippen molar-refractivity contribution in [3.8, 4) is 22.4 Å². The van der Waals surface area contributed by atoms with E-state index in [1.807, 2.05) is 11.0 Å². The largest absolute Gasteiger partial charge is 0.383 e. The summed E-state index contributed by atoms with van der Waals surface area (Å²) in [7, 11) is 0. The molecule has 0 spiro atoms. The van der Waals surface area contributed by atoms with E-state index in [4.69, 9.17) is 10.7 Å². The Labute approximate surface area is 232 Å². The Morgan fingerprint density at radius 1 is 1.07 bits per heavy atom. The number of pyridine rings is 2. The molecular formula is C28H25FN10O2. The van der Waals surface area contributed by atoms with Gasteiger partial charge in [-0.05, 0) is 50.8 Å². The lowest BCUT2D eigenvalue weighted by atomic mass is 9.85. The number of hydrogen-bond acceptors (Lipinski definition) is 9. The lowest BCUT2D eigenvalue weighted by molar-refractivity contribution is 0.0556. The standard InChI is InChI=1S/C28H25FN10O2/c1-14(40)22-23(16-9-17-5-6-18(10-16)38(17)28(41)26-33-13-34-37-26)36-27-20(12-35-39(27)25(22)30)15-4-7-21(32-11-15)19-3-2-8-31-24(19)29/h2-4,7-8,11-13,16-18H,5-6,9-10,30H2,1H3,(H,33,34,37)/t16-,17+,18-. The molecule has 7 heterocycles. The first kappa shape index (κ1) is 24.9. The number of aromatic amines is 1. The fourth-order valence-corrected chi connectivity index (χ4v) is 6.35. The summed E-state index contributed by atoms with van der Waals surface area (Å²) in [5.74, 6) is -0.581. The molecule has 0 saturated carbocycles. The highest BCUT2D eigenvalue weighted by Gasteiger charge is 2.45. The molecule has 7 rings (SSSR count). The summed E-state index contributed by atoms with van der Waals surface area (Å²) >= 11 is 0. The van der Waals surface area contributed by atoms with Crippen LogP contribution in [0.2, 0.25) is 0 Å². The van der Waals surface area contributed by atoms with Gasteiger partial charge in [0.05, 0.1) is 28.7 Å². The highest BCUT2D eigenvalue weighted by atomic mass is 19.1. The average Bonchev–Trinajstić information content (AvgIpc) is 3.71. The van der Waals surface area contributed by atoms with Crippen molar-refractivity contribution in [2.75, 3.05) is 5.73 Å². The Bertz CT molecular complexity index is 1790. The maximum absolute atomic E-state index is 14.2. The number of nitrogens with two attached hydrogens (primary N) is 1. The van der Waals surface area contributed by atoms with Crippen molar-refractivity contribution in [3.63, 3.8) is 0 Å². The Hall–Kier alpha value is -5.07. The van der Waals surface area contributed by atoms with Gasteiger partial charge in [0, 0.05) is 41.5 Å². The van der Waals surface area contributed by atoms with Gasteiger partial charge in [-0.25, -0.2) is 9.97 Å². The van der Waals surface area contributed by atoms with Gasteiger partial charge in [0.15, 0.2) is 11.4 Å². The van der Waals surface area contributed by atoms with E-state index >= 15 is 0 Å². The molecule has 206 valence electrons. The van der Waals surface area contributed by atoms with Crippen molar-refractivity contribution in [2.24, 2.45) is 0 Å². The maximum Gasteiger partial charge on any atom is 0.292 e. The van der Waals surface area contributed by atoms with Crippen LogP contribution < -0.4 is 5.73 Å². The molecular weight excluding hydrogens is 527 g/mol. The zero-order valence-electron chi connectivity index (χ0n) is 22.0. The lowest BCUT2D eigenvalue weighted by Gasteiger charge is -2.38. The fourth-order valence-electron chi connectivity index (χ4n) is 6.35. The number of anilines is 1. The van der Waals surface area contributed by atoms with Crippen LogP contribution in [0.4, 0.5) is 10.2 Å². The topological polar surface area (TPSA) is 161 Å². The summed E-state index contributed by atoms with van der Waals surface area (Å²) in [6.45, 7) is 1.48. The van der Waals surface area contributed by atoms with Crippen LogP contribution in [0.3, 0.4) is 0 Å². The molecule has 0 aliphatic carbocycles. The van der Waals surface area contributed by atoms with Crippen LogP contribution in [0.15, 0.2) is 49.2 Å². The minimum atomic E-state index is -0.595. The molecule has 2 fully saturated rings. The fraction of sp³-hybridized carbons (Fsp3) is 0.286. The zero-order valence-corrected chi connectivity index (χ0v) is 22.0. The number of H-pyrrole nitrogens is 1. The molecule has 3 atom stereocenters. The number of nitrogens with one attached hydrogen (secondary N) is 1. The quantitative estimate of drug-likeness (QED) is 0.246. The maximum atomic E-state index is 14.2. The summed E-state index contributed by atoms with van der Waals surface area (Å²) in [4.78, 5) is 43.8. The van der Waals surface area contributed by atoms with Crippen LogP contribution in [0.1, 0.15) is 65.2 Å². The Kier molecular flexibility index (Phi) is 5.80. The molecule has 0 radical (unpaired) electrons. The van der Waals surface area contributed by atoms with Crippen molar-refractivity contribution in [1.29, 1.82) is 0 Å². The summed E-state index contributed by atoms with van der Waals surface area (Å²) in [5.41, 5.74) is 10.2. The van der Waals surface area contributed by atoms with E-state index in [9.17, 15) is 14.0 Å². The van der Waals surface area contributed by atoms with Gasteiger partial charge in [0.2, 0.25) is 11.8 Å². The molecule has 2 aliphatic rings. The van der Waals surface area contributed by atoms with Crippen molar-refractivity contribution >= 4 is 23.2 Å². The zero-order chi connectivity index (χ0) is 28.2. The van der Waals surface area contributed by atoms with Crippen LogP contribution in [0.5, 0.6) is 0 Å². The number of nitrogens with zero attached hydrogens (tertiary/aromatic N) is 8. The van der Waals surface area contributed by atoms with Crippen molar-refractivity contribution < 1.29 is 14.0 Å². The van der Waals surface area contributed by atoms with Gasteiger partial charge in [-0.3, -0.25) is 14.6 Å². The summed E-state index contributed by atoms with van der Waals surface area (Å²) in [6.07, 6.45) is 9.07. The number of aromatic nitrogens is 8. The van der Waals surface area contributed by atoms with Crippen LogP contribution in [-0.2, 0) is 0 Å². The molecule has 5 aromatic heterocycles. The number of hydrogen-bond donors (Lipinski definition) is 2. The third-order valence-electron chi connectivity index (χ3n) is 8.15. The predicted molar refractivity (Wildman–Crippen MR) is 145 cm³/mol. The second-order valence-corrected chi connectivity index (χ2v) is 10.5. The lowest BCUT2D eigenvalue weighted by Crippen LogP contribution is -2.46. The number of rotatable bonds is 5. The Morgan fingerprint density at radius 3 is 2.54 bits per heavy atom. The third kappa shape index (κ3) is 4.03. The number of halogens is 1. The van der Waals surface area contributed by atoms with Gasteiger partial charge < -0.3 is 15.6 Å². The Balaban J connectivity index is 1.26. The van der Waals surface area contributed by atoms with E-state index in [0.29, 0.717) is 52.1 Å². The first-order chi connectivity index (χ1) is 19.9. The molecule has 1 amide bonds. The molecule has 3 N–H and O–H groups in total. The van der Waals surface area contributed by atoms with E-state index in [1.165, 1.54) is 24.0 Å². The first-order valence-electron chi connectivity index (χ1n) is 13.3. The van der Waals surface area contributed by atoms with Crippen LogP contribution in [-0.4, -0.2) is 68.4 Å². The van der Waals surface area contributed by atoms with Gasteiger partial charge >= 0.3 is 0 Å².